The lowest BCUT2D eigenvalue weighted by molar-refractivity contribution is 0.124. The Morgan fingerprint density at radius 2 is 1.90 bits per heavy atom. The first-order valence-electron chi connectivity index (χ1n) is 4.21. The molecule has 2 nitrogen and oxygen atoms in total. The normalized spacial score (nSPS) is 47.1. The smallest absolute Gasteiger partial charge is 0.110 e. The van der Waals surface area contributed by atoms with Crippen molar-refractivity contribution < 1.29 is 9.84 Å². The van der Waals surface area contributed by atoms with E-state index in [1.54, 1.807) is 0 Å². The molecule has 3 atom stereocenters. The van der Waals surface area contributed by atoms with Crippen LogP contribution in [-0.2, 0) is 4.74 Å². The van der Waals surface area contributed by atoms with Gasteiger partial charge < -0.3 is 9.84 Å². The molecule has 1 saturated heterocycles. The number of hydrogen-bond acceptors (Lipinski definition) is 2. The van der Waals surface area contributed by atoms with Crippen LogP contribution in [0.5, 0.6) is 0 Å². The zero-order chi connectivity index (χ0) is 6.97. The van der Waals surface area contributed by atoms with Crippen molar-refractivity contribution in [3.8, 4) is 0 Å². The number of ether oxygens (including phenoxy) is 1. The van der Waals surface area contributed by atoms with Gasteiger partial charge in [-0.3, -0.25) is 0 Å². The first-order chi connectivity index (χ1) is 4.88. The maximum atomic E-state index is 9.40. The molecule has 1 aliphatic heterocycles. The van der Waals surface area contributed by atoms with Gasteiger partial charge in [0.05, 0.1) is 12.2 Å². The van der Waals surface area contributed by atoms with Gasteiger partial charge in [-0.15, -0.1) is 0 Å². The van der Waals surface area contributed by atoms with Crippen LogP contribution in [0.2, 0.25) is 0 Å². The van der Waals surface area contributed by atoms with E-state index in [9.17, 15) is 5.11 Å². The molecule has 0 amide bonds. The van der Waals surface area contributed by atoms with Crippen LogP contribution >= 0.6 is 0 Å². The monoisotopic (exact) mass is 142 g/mol. The summed E-state index contributed by atoms with van der Waals surface area (Å²) in [7, 11) is 0. The SMILES string of the molecule is OC1CCCCC[C@H]2O[C@@H]12. The lowest BCUT2D eigenvalue weighted by Gasteiger charge is -2.09. The van der Waals surface area contributed by atoms with Gasteiger partial charge in [-0.2, -0.15) is 0 Å². The highest BCUT2D eigenvalue weighted by Gasteiger charge is 2.43. The molecule has 2 fully saturated rings. The standard InChI is InChI=1S/C8H14O2/c9-6-4-2-1-3-5-7-8(6)10-7/h6-9H,1-5H2/t6?,7-,8+/m1/s1. The highest BCUT2D eigenvalue weighted by Crippen LogP contribution is 2.34. The summed E-state index contributed by atoms with van der Waals surface area (Å²) in [6.45, 7) is 0. The molecule has 58 valence electrons. The average molecular weight is 142 g/mol. The molecular weight excluding hydrogens is 128 g/mol. The summed E-state index contributed by atoms with van der Waals surface area (Å²) in [6.07, 6.45) is 6.30. The number of hydrogen-bond donors (Lipinski definition) is 1. The zero-order valence-electron chi connectivity index (χ0n) is 6.12. The van der Waals surface area contributed by atoms with E-state index in [2.05, 4.69) is 0 Å². The zero-order valence-corrected chi connectivity index (χ0v) is 6.12. The number of aliphatic hydroxyl groups is 1. The van der Waals surface area contributed by atoms with Crippen LogP contribution in [0.25, 0.3) is 0 Å². The Balaban J connectivity index is 1.88. The maximum absolute atomic E-state index is 9.40. The lowest BCUT2D eigenvalue weighted by Crippen LogP contribution is -2.18. The van der Waals surface area contributed by atoms with Gasteiger partial charge in [-0.25, -0.2) is 0 Å². The Kier molecular flexibility index (Phi) is 1.66. The predicted octanol–water partition coefficient (Wildman–Crippen LogP) is 1.08. The number of rotatable bonds is 0. The first kappa shape index (κ1) is 6.62. The summed E-state index contributed by atoms with van der Waals surface area (Å²) in [6, 6.07) is 0. The summed E-state index contributed by atoms with van der Waals surface area (Å²) in [5, 5.41) is 9.40. The molecule has 10 heavy (non-hydrogen) atoms. The summed E-state index contributed by atoms with van der Waals surface area (Å²) in [5.74, 6) is 0. The van der Waals surface area contributed by atoms with Crippen LogP contribution in [0.3, 0.4) is 0 Å². The number of epoxide rings is 1. The molecule has 0 aromatic heterocycles. The predicted molar refractivity (Wildman–Crippen MR) is 37.8 cm³/mol. The topological polar surface area (TPSA) is 32.8 Å². The molecule has 0 aromatic rings. The van der Waals surface area contributed by atoms with Gasteiger partial charge in [-0.1, -0.05) is 19.3 Å². The Bertz CT molecular complexity index is 124. The van der Waals surface area contributed by atoms with Gasteiger partial charge in [0.2, 0.25) is 0 Å². The van der Waals surface area contributed by atoms with Gasteiger partial charge in [0.15, 0.2) is 0 Å². The van der Waals surface area contributed by atoms with E-state index in [4.69, 9.17) is 4.74 Å². The summed E-state index contributed by atoms with van der Waals surface area (Å²) >= 11 is 0. The largest absolute Gasteiger partial charge is 0.390 e. The summed E-state index contributed by atoms with van der Waals surface area (Å²) < 4.78 is 5.30. The number of aliphatic hydroxyl groups excluding tert-OH is 1. The van der Waals surface area contributed by atoms with E-state index in [1.807, 2.05) is 0 Å². The third-order valence-corrected chi connectivity index (χ3v) is 2.49. The third-order valence-electron chi connectivity index (χ3n) is 2.49. The minimum atomic E-state index is -0.162. The van der Waals surface area contributed by atoms with E-state index in [0.717, 1.165) is 6.42 Å². The van der Waals surface area contributed by atoms with Crippen LogP contribution in [0.4, 0.5) is 0 Å². The number of fused-ring (bicyclic) bond motifs is 1. The second-order valence-corrected chi connectivity index (χ2v) is 3.34. The Labute approximate surface area is 61.2 Å². The van der Waals surface area contributed by atoms with Crippen LogP contribution in [0, 0.1) is 0 Å². The fourth-order valence-corrected chi connectivity index (χ4v) is 1.77. The van der Waals surface area contributed by atoms with E-state index < -0.39 is 0 Å². The second kappa shape index (κ2) is 2.51. The molecule has 2 rings (SSSR count). The van der Waals surface area contributed by atoms with Gasteiger partial charge in [-0.05, 0) is 12.8 Å². The molecule has 0 spiro atoms. The van der Waals surface area contributed by atoms with Crippen molar-refractivity contribution in [2.75, 3.05) is 0 Å². The molecule has 2 aliphatic rings. The maximum Gasteiger partial charge on any atom is 0.110 e. The molecule has 1 N–H and O–H groups in total. The highest BCUT2D eigenvalue weighted by atomic mass is 16.6. The molecule has 1 aliphatic carbocycles. The molecule has 0 aromatic carbocycles. The van der Waals surface area contributed by atoms with Crippen LogP contribution < -0.4 is 0 Å². The molecule has 1 saturated carbocycles. The Hall–Kier alpha value is -0.0800. The van der Waals surface area contributed by atoms with E-state index in [1.165, 1.54) is 25.7 Å². The van der Waals surface area contributed by atoms with Crippen LogP contribution in [0.1, 0.15) is 32.1 Å². The van der Waals surface area contributed by atoms with E-state index >= 15 is 0 Å². The van der Waals surface area contributed by atoms with Crippen molar-refractivity contribution in [2.24, 2.45) is 0 Å². The van der Waals surface area contributed by atoms with Gasteiger partial charge >= 0.3 is 0 Å². The van der Waals surface area contributed by atoms with E-state index in [-0.39, 0.29) is 12.2 Å². The average Bonchev–Trinajstić information content (AvgIpc) is 2.62. The minimum Gasteiger partial charge on any atom is -0.390 e. The fourth-order valence-electron chi connectivity index (χ4n) is 1.77. The molecular formula is C8H14O2. The molecule has 0 radical (unpaired) electrons. The summed E-state index contributed by atoms with van der Waals surface area (Å²) in [4.78, 5) is 0. The van der Waals surface area contributed by atoms with Gasteiger partial charge in [0.25, 0.3) is 0 Å². The van der Waals surface area contributed by atoms with Crippen LogP contribution in [0.15, 0.2) is 0 Å². The Morgan fingerprint density at radius 1 is 1.10 bits per heavy atom. The van der Waals surface area contributed by atoms with Crippen molar-refractivity contribution in [3.05, 3.63) is 0 Å². The van der Waals surface area contributed by atoms with Crippen molar-refractivity contribution in [1.29, 1.82) is 0 Å². The molecule has 2 heteroatoms. The molecule has 0 bridgehead atoms. The van der Waals surface area contributed by atoms with E-state index in [0.29, 0.717) is 6.10 Å². The van der Waals surface area contributed by atoms with Crippen LogP contribution in [-0.4, -0.2) is 23.4 Å². The second-order valence-electron chi connectivity index (χ2n) is 3.34. The first-order valence-corrected chi connectivity index (χ1v) is 4.21. The quantitative estimate of drug-likeness (QED) is 0.513. The Morgan fingerprint density at radius 3 is 2.80 bits per heavy atom. The van der Waals surface area contributed by atoms with Gasteiger partial charge in [0, 0.05) is 0 Å². The lowest BCUT2D eigenvalue weighted by atomic mass is 9.99. The highest BCUT2D eigenvalue weighted by molar-refractivity contribution is 4.91. The van der Waals surface area contributed by atoms with Crippen molar-refractivity contribution >= 4 is 0 Å². The molecule has 1 unspecified atom stereocenters. The fraction of sp³-hybridized carbons (Fsp3) is 1.00. The van der Waals surface area contributed by atoms with Crippen molar-refractivity contribution in [3.63, 3.8) is 0 Å². The molecule has 1 heterocycles. The van der Waals surface area contributed by atoms with Crippen molar-refractivity contribution in [2.45, 2.75) is 50.4 Å². The van der Waals surface area contributed by atoms with Gasteiger partial charge in [0.1, 0.15) is 6.10 Å². The third kappa shape index (κ3) is 1.18. The van der Waals surface area contributed by atoms with Crippen molar-refractivity contribution in [1.82, 2.24) is 0 Å². The summed E-state index contributed by atoms with van der Waals surface area (Å²) in [5.41, 5.74) is 0. The minimum absolute atomic E-state index is 0.162.